The second-order valence-electron chi connectivity index (χ2n) is 5.07. The van der Waals surface area contributed by atoms with Crippen molar-refractivity contribution in [2.45, 2.75) is 5.66 Å². The van der Waals surface area contributed by atoms with E-state index in [0.717, 1.165) is 0 Å². The van der Waals surface area contributed by atoms with Gasteiger partial charge in [-0.3, -0.25) is 0 Å². The molecule has 23 heavy (non-hydrogen) atoms. The number of ether oxygens (including phenoxy) is 1. The smallest absolute Gasteiger partial charge is 0.343 e. The van der Waals surface area contributed by atoms with Crippen molar-refractivity contribution in [3.63, 3.8) is 0 Å². The molecule has 2 aromatic carbocycles. The molecule has 2 aromatic rings. The van der Waals surface area contributed by atoms with Crippen molar-refractivity contribution >= 4 is 24.3 Å². The van der Waals surface area contributed by atoms with Crippen LogP contribution in [-0.4, -0.2) is 24.3 Å². The second-order valence-corrected chi connectivity index (χ2v) is 5.07. The fourth-order valence-corrected chi connectivity index (χ4v) is 2.63. The lowest BCUT2D eigenvalue weighted by atomic mass is 9.94. The van der Waals surface area contributed by atoms with Crippen LogP contribution < -0.4 is 10.1 Å². The molecular formula is C17H12N4O2. The number of carbonyl (C=O) groups excluding carboxylic acids is 1. The third kappa shape index (κ3) is 2.20. The fourth-order valence-electron chi connectivity index (χ4n) is 2.63. The average molecular weight is 304 g/mol. The standard InChI is InChI=1S/C17H12N4O2/c22-16-20-15-10-18-11-19-17(15,21-16)13-8-4-5-9-14(13)23-12-6-2-1-3-7-12/h1-11H,(H,21,22). The predicted octanol–water partition coefficient (Wildman–Crippen LogP) is 2.91. The molecule has 0 aliphatic carbocycles. The van der Waals surface area contributed by atoms with E-state index in [1.165, 1.54) is 12.6 Å². The van der Waals surface area contributed by atoms with Gasteiger partial charge in [-0.05, 0) is 18.2 Å². The van der Waals surface area contributed by atoms with E-state index in [-0.39, 0.29) is 0 Å². The number of nitrogens with zero attached hydrogens (tertiary/aromatic N) is 3. The summed E-state index contributed by atoms with van der Waals surface area (Å²) < 4.78 is 5.98. The highest BCUT2D eigenvalue weighted by molar-refractivity contribution is 6.40. The highest BCUT2D eigenvalue weighted by Crippen LogP contribution is 2.37. The Morgan fingerprint density at radius 1 is 1.00 bits per heavy atom. The number of amides is 2. The zero-order chi connectivity index (χ0) is 15.7. The Bertz CT molecular complexity index is 858. The molecule has 0 saturated heterocycles. The maximum atomic E-state index is 11.8. The maximum absolute atomic E-state index is 11.8. The number of fused-ring (bicyclic) bond motifs is 1. The number of nitrogens with one attached hydrogen (secondary N) is 1. The first kappa shape index (κ1) is 13.4. The number of hydrogen-bond acceptors (Lipinski definition) is 4. The molecule has 0 spiro atoms. The molecule has 4 rings (SSSR count). The van der Waals surface area contributed by atoms with Crippen LogP contribution in [0.25, 0.3) is 0 Å². The Hall–Kier alpha value is -3.28. The third-order valence-corrected chi connectivity index (χ3v) is 3.64. The molecule has 2 amide bonds. The minimum Gasteiger partial charge on any atom is -0.457 e. The summed E-state index contributed by atoms with van der Waals surface area (Å²) in [6.45, 7) is 0. The van der Waals surface area contributed by atoms with E-state index in [9.17, 15) is 4.79 Å². The van der Waals surface area contributed by atoms with Crippen molar-refractivity contribution in [1.82, 2.24) is 5.32 Å². The Morgan fingerprint density at radius 2 is 1.78 bits per heavy atom. The SMILES string of the molecule is O=C1N=C2C=NC=NC2(c2ccccc2Oc2ccccc2)N1. The minimum atomic E-state index is -1.08. The first-order chi connectivity index (χ1) is 11.3. The zero-order valence-electron chi connectivity index (χ0n) is 12.0. The van der Waals surface area contributed by atoms with Crippen molar-refractivity contribution < 1.29 is 9.53 Å². The van der Waals surface area contributed by atoms with E-state index in [1.54, 1.807) is 0 Å². The lowest BCUT2D eigenvalue weighted by Crippen LogP contribution is -2.46. The summed E-state index contributed by atoms with van der Waals surface area (Å²) in [5, 5.41) is 2.80. The first-order valence-electron chi connectivity index (χ1n) is 7.08. The van der Waals surface area contributed by atoms with Gasteiger partial charge in [0.25, 0.3) is 0 Å². The molecule has 2 aliphatic rings. The quantitative estimate of drug-likeness (QED) is 0.946. The van der Waals surface area contributed by atoms with Gasteiger partial charge in [0, 0.05) is 5.56 Å². The molecule has 0 saturated carbocycles. The van der Waals surface area contributed by atoms with Gasteiger partial charge in [-0.1, -0.05) is 36.4 Å². The number of para-hydroxylation sites is 2. The van der Waals surface area contributed by atoms with Crippen LogP contribution in [0.1, 0.15) is 5.56 Å². The van der Waals surface area contributed by atoms with Gasteiger partial charge in [-0.2, -0.15) is 4.99 Å². The van der Waals surface area contributed by atoms with Crippen LogP contribution in [0.5, 0.6) is 11.5 Å². The van der Waals surface area contributed by atoms with Gasteiger partial charge in [0.1, 0.15) is 23.5 Å². The summed E-state index contributed by atoms with van der Waals surface area (Å²) in [5.41, 5.74) is 0.0782. The van der Waals surface area contributed by atoms with Gasteiger partial charge in [-0.25, -0.2) is 14.8 Å². The number of carbonyl (C=O) groups is 1. The van der Waals surface area contributed by atoms with Crippen LogP contribution in [0.15, 0.2) is 69.6 Å². The summed E-state index contributed by atoms with van der Waals surface area (Å²) in [7, 11) is 0. The van der Waals surface area contributed by atoms with Gasteiger partial charge in [0.2, 0.25) is 5.66 Å². The van der Waals surface area contributed by atoms with E-state index in [4.69, 9.17) is 4.74 Å². The number of benzene rings is 2. The molecule has 2 heterocycles. The van der Waals surface area contributed by atoms with E-state index >= 15 is 0 Å². The van der Waals surface area contributed by atoms with Crippen LogP contribution in [0.2, 0.25) is 0 Å². The molecule has 0 bridgehead atoms. The highest BCUT2D eigenvalue weighted by Gasteiger charge is 2.46. The van der Waals surface area contributed by atoms with Crippen LogP contribution in [0.3, 0.4) is 0 Å². The van der Waals surface area contributed by atoms with Crippen molar-refractivity contribution in [2.75, 3.05) is 0 Å². The number of rotatable bonds is 3. The zero-order valence-corrected chi connectivity index (χ0v) is 12.0. The van der Waals surface area contributed by atoms with Crippen LogP contribution in [0, 0.1) is 0 Å². The van der Waals surface area contributed by atoms with Crippen molar-refractivity contribution in [2.24, 2.45) is 15.0 Å². The van der Waals surface area contributed by atoms with Crippen LogP contribution >= 0.6 is 0 Å². The van der Waals surface area contributed by atoms with Gasteiger partial charge < -0.3 is 10.1 Å². The van der Waals surface area contributed by atoms with E-state index in [0.29, 0.717) is 22.8 Å². The molecule has 0 radical (unpaired) electrons. The van der Waals surface area contributed by atoms with Crippen LogP contribution in [0.4, 0.5) is 4.79 Å². The Labute approximate surface area is 132 Å². The summed E-state index contributed by atoms with van der Waals surface area (Å²) >= 11 is 0. The fraction of sp³-hybridized carbons (Fsp3) is 0.0588. The molecular weight excluding hydrogens is 292 g/mol. The molecule has 1 unspecified atom stereocenters. The second kappa shape index (κ2) is 5.17. The summed E-state index contributed by atoms with van der Waals surface area (Å²) in [6, 6.07) is 16.4. The largest absolute Gasteiger partial charge is 0.457 e. The van der Waals surface area contributed by atoms with E-state index < -0.39 is 11.7 Å². The predicted molar refractivity (Wildman–Crippen MR) is 87.6 cm³/mol. The molecule has 6 nitrogen and oxygen atoms in total. The van der Waals surface area contributed by atoms with Gasteiger partial charge >= 0.3 is 6.03 Å². The lowest BCUT2D eigenvalue weighted by molar-refractivity contribution is 0.246. The number of hydrogen-bond donors (Lipinski definition) is 1. The maximum Gasteiger partial charge on any atom is 0.343 e. The number of urea groups is 1. The first-order valence-corrected chi connectivity index (χ1v) is 7.08. The topological polar surface area (TPSA) is 75.4 Å². The van der Waals surface area contributed by atoms with Gasteiger partial charge in [0.15, 0.2) is 0 Å². The molecule has 6 heteroatoms. The lowest BCUT2D eigenvalue weighted by Gasteiger charge is -2.28. The normalized spacial score (nSPS) is 21.6. The molecule has 1 atom stereocenters. The van der Waals surface area contributed by atoms with Gasteiger partial charge in [-0.15, -0.1) is 0 Å². The Morgan fingerprint density at radius 3 is 2.65 bits per heavy atom. The van der Waals surface area contributed by atoms with Crippen molar-refractivity contribution in [1.29, 1.82) is 0 Å². The van der Waals surface area contributed by atoms with Gasteiger partial charge in [0.05, 0.1) is 6.21 Å². The van der Waals surface area contributed by atoms with Crippen molar-refractivity contribution in [3.05, 3.63) is 60.2 Å². The minimum absolute atomic E-state index is 0.444. The monoisotopic (exact) mass is 304 g/mol. The van der Waals surface area contributed by atoms with Crippen molar-refractivity contribution in [3.8, 4) is 11.5 Å². The molecule has 1 N–H and O–H groups in total. The third-order valence-electron chi connectivity index (χ3n) is 3.64. The molecule has 2 aliphatic heterocycles. The summed E-state index contributed by atoms with van der Waals surface area (Å²) in [5.74, 6) is 1.30. The molecule has 0 fully saturated rings. The Balaban J connectivity index is 1.81. The average Bonchev–Trinajstić information content (AvgIpc) is 2.93. The summed E-state index contributed by atoms with van der Waals surface area (Å²) in [4.78, 5) is 24.1. The highest BCUT2D eigenvalue weighted by atomic mass is 16.5. The summed E-state index contributed by atoms with van der Waals surface area (Å²) in [6.07, 6.45) is 2.94. The van der Waals surface area contributed by atoms with Crippen LogP contribution in [-0.2, 0) is 5.66 Å². The number of aliphatic imine (C=N–C) groups is 3. The van der Waals surface area contributed by atoms with E-state index in [2.05, 4.69) is 20.3 Å². The Kier molecular flexibility index (Phi) is 3.01. The van der Waals surface area contributed by atoms with E-state index in [1.807, 2.05) is 54.6 Å². The molecule has 112 valence electrons. The molecule has 0 aromatic heterocycles.